The fourth-order valence-electron chi connectivity index (χ4n) is 2.35. The molecule has 0 heterocycles. The van der Waals surface area contributed by atoms with Crippen LogP contribution in [0.25, 0.3) is 0 Å². The fourth-order valence-corrected chi connectivity index (χ4v) is 2.35. The van der Waals surface area contributed by atoms with Gasteiger partial charge in [0.25, 0.3) is 0 Å². The van der Waals surface area contributed by atoms with E-state index in [1.165, 1.54) is 25.7 Å². The van der Waals surface area contributed by atoms with Gasteiger partial charge in [-0.25, -0.2) is 0 Å². The highest BCUT2D eigenvalue weighted by atomic mass is 16.3. The molecule has 0 aromatic heterocycles. The maximum atomic E-state index is 9.31. The van der Waals surface area contributed by atoms with E-state index in [9.17, 15) is 5.11 Å². The van der Waals surface area contributed by atoms with Gasteiger partial charge in [-0.1, -0.05) is 33.1 Å². The van der Waals surface area contributed by atoms with Crippen molar-refractivity contribution in [1.82, 2.24) is 0 Å². The molecule has 2 atom stereocenters. The predicted molar refractivity (Wildman–Crippen MR) is 47.4 cm³/mol. The van der Waals surface area contributed by atoms with Gasteiger partial charge in [0, 0.05) is 6.61 Å². The summed E-state index contributed by atoms with van der Waals surface area (Å²) in [5, 5.41) is 9.31. The summed E-state index contributed by atoms with van der Waals surface area (Å²) >= 11 is 0. The van der Waals surface area contributed by atoms with Gasteiger partial charge in [-0.05, 0) is 24.2 Å². The molecule has 66 valence electrons. The molecule has 11 heavy (non-hydrogen) atoms. The van der Waals surface area contributed by atoms with Gasteiger partial charge in [0.2, 0.25) is 0 Å². The molecule has 0 bridgehead atoms. The average molecular weight is 156 g/mol. The van der Waals surface area contributed by atoms with Crippen LogP contribution in [0.1, 0.15) is 46.0 Å². The van der Waals surface area contributed by atoms with Crippen molar-refractivity contribution in [2.24, 2.45) is 11.3 Å². The number of hydrogen-bond acceptors (Lipinski definition) is 1. The van der Waals surface area contributed by atoms with Crippen LogP contribution in [0.2, 0.25) is 0 Å². The summed E-state index contributed by atoms with van der Waals surface area (Å²) in [5.74, 6) is 0.728. The number of aliphatic hydroxyl groups excluding tert-OH is 1. The van der Waals surface area contributed by atoms with Crippen LogP contribution in [-0.4, -0.2) is 11.7 Å². The van der Waals surface area contributed by atoms with Gasteiger partial charge < -0.3 is 5.11 Å². The number of aliphatic hydroxyl groups is 1. The quantitative estimate of drug-likeness (QED) is 0.651. The Kier molecular flexibility index (Phi) is 2.94. The van der Waals surface area contributed by atoms with E-state index in [0.717, 1.165) is 12.3 Å². The van der Waals surface area contributed by atoms with Gasteiger partial charge in [0.05, 0.1) is 0 Å². The molecule has 2 unspecified atom stereocenters. The molecule has 0 amide bonds. The smallest absolute Gasteiger partial charge is 0.0489 e. The third-order valence-corrected chi connectivity index (χ3v) is 3.63. The van der Waals surface area contributed by atoms with Crippen molar-refractivity contribution in [2.75, 3.05) is 6.61 Å². The van der Waals surface area contributed by atoms with Crippen molar-refractivity contribution in [3.05, 3.63) is 0 Å². The minimum Gasteiger partial charge on any atom is -0.396 e. The van der Waals surface area contributed by atoms with E-state index in [1.54, 1.807) is 0 Å². The third-order valence-electron chi connectivity index (χ3n) is 3.63. The lowest BCUT2D eigenvalue weighted by molar-refractivity contribution is 0.0283. The van der Waals surface area contributed by atoms with Crippen molar-refractivity contribution < 1.29 is 5.11 Å². The highest BCUT2D eigenvalue weighted by molar-refractivity contribution is 4.85. The Morgan fingerprint density at radius 1 is 1.45 bits per heavy atom. The molecule has 1 rings (SSSR count). The largest absolute Gasteiger partial charge is 0.396 e. The standard InChI is InChI=1S/C10H20O/c1-3-10(8-11)7-5-4-6-9(10)2/h9,11H,3-8H2,1-2H3. The summed E-state index contributed by atoms with van der Waals surface area (Å²) in [5.41, 5.74) is 0.276. The third kappa shape index (κ3) is 1.58. The van der Waals surface area contributed by atoms with E-state index in [2.05, 4.69) is 13.8 Å². The van der Waals surface area contributed by atoms with Crippen LogP contribution in [0.5, 0.6) is 0 Å². The number of rotatable bonds is 2. The van der Waals surface area contributed by atoms with E-state index < -0.39 is 0 Å². The summed E-state index contributed by atoms with van der Waals surface area (Å²) in [7, 11) is 0. The Bertz CT molecular complexity index is 116. The molecule has 1 aliphatic carbocycles. The van der Waals surface area contributed by atoms with Crippen LogP contribution in [-0.2, 0) is 0 Å². The molecule has 0 aromatic carbocycles. The first kappa shape index (κ1) is 9.05. The maximum absolute atomic E-state index is 9.31. The Hall–Kier alpha value is -0.0400. The SMILES string of the molecule is CCC1(CO)CCCCC1C. The molecule has 1 nitrogen and oxygen atoms in total. The van der Waals surface area contributed by atoms with Crippen molar-refractivity contribution in [3.63, 3.8) is 0 Å². The summed E-state index contributed by atoms with van der Waals surface area (Å²) in [6.07, 6.45) is 6.38. The zero-order valence-corrected chi connectivity index (χ0v) is 7.77. The minimum atomic E-state index is 0.276. The van der Waals surface area contributed by atoms with Gasteiger partial charge in [-0.15, -0.1) is 0 Å². The second-order valence-electron chi connectivity index (χ2n) is 4.02. The number of hydrogen-bond donors (Lipinski definition) is 1. The Morgan fingerprint density at radius 2 is 2.18 bits per heavy atom. The summed E-state index contributed by atoms with van der Waals surface area (Å²) in [4.78, 5) is 0. The first-order valence-electron chi connectivity index (χ1n) is 4.86. The van der Waals surface area contributed by atoms with Gasteiger partial charge in [0.15, 0.2) is 0 Å². The van der Waals surface area contributed by atoms with E-state index in [0.29, 0.717) is 6.61 Å². The van der Waals surface area contributed by atoms with Gasteiger partial charge >= 0.3 is 0 Å². The Labute approximate surface area is 69.8 Å². The summed E-state index contributed by atoms with van der Waals surface area (Å²) in [6.45, 7) is 4.89. The maximum Gasteiger partial charge on any atom is 0.0489 e. The molecule has 0 spiro atoms. The molecule has 1 aliphatic rings. The highest BCUT2D eigenvalue weighted by Crippen LogP contribution is 2.42. The first-order chi connectivity index (χ1) is 5.25. The topological polar surface area (TPSA) is 20.2 Å². The zero-order valence-electron chi connectivity index (χ0n) is 7.77. The van der Waals surface area contributed by atoms with E-state index in [1.807, 2.05) is 0 Å². The van der Waals surface area contributed by atoms with E-state index >= 15 is 0 Å². The molecule has 1 fully saturated rings. The lowest BCUT2D eigenvalue weighted by Crippen LogP contribution is -2.34. The van der Waals surface area contributed by atoms with Gasteiger partial charge in [0.1, 0.15) is 0 Å². The highest BCUT2D eigenvalue weighted by Gasteiger charge is 2.35. The lowest BCUT2D eigenvalue weighted by Gasteiger charge is -2.40. The second-order valence-corrected chi connectivity index (χ2v) is 4.02. The monoisotopic (exact) mass is 156 g/mol. The normalized spacial score (nSPS) is 39.0. The van der Waals surface area contributed by atoms with Crippen LogP contribution < -0.4 is 0 Å². The fraction of sp³-hybridized carbons (Fsp3) is 1.00. The van der Waals surface area contributed by atoms with E-state index in [-0.39, 0.29) is 5.41 Å². The van der Waals surface area contributed by atoms with Crippen LogP contribution >= 0.6 is 0 Å². The Balaban J connectivity index is 2.61. The van der Waals surface area contributed by atoms with E-state index in [4.69, 9.17) is 0 Å². The van der Waals surface area contributed by atoms with Crippen LogP contribution in [0.15, 0.2) is 0 Å². The minimum absolute atomic E-state index is 0.276. The van der Waals surface area contributed by atoms with Crippen LogP contribution in [0.4, 0.5) is 0 Å². The predicted octanol–water partition coefficient (Wildman–Crippen LogP) is 2.59. The Morgan fingerprint density at radius 3 is 2.55 bits per heavy atom. The van der Waals surface area contributed by atoms with Crippen molar-refractivity contribution >= 4 is 0 Å². The lowest BCUT2D eigenvalue weighted by atomic mass is 9.66. The second kappa shape index (κ2) is 3.57. The van der Waals surface area contributed by atoms with Crippen molar-refractivity contribution in [2.45, 2.75) is 46.0 Å². The molecule has 0 aliphatic heterocycles. The molecule has 0 saturated heterocycles. The van der Waals surface area contributed by atoms with Crippen LogP contribution in [0, 0.1) is 11.3 Å². The average Bonchev–Trinajstić information content (AvgIpc) is 2.06. The summed E-state index contributed by atoms with van der Waals surface area (Å²) in [6, 6.07) is 0. The summed E-state index contributed by atoms with van der Waals surface area (Å²) < 4.78 is 0. The molecule has 0 radical (unpaired) electrons. The van der Waals surface area contributed by atoms with Gasteiger partial charge in [-0.3, -0.25) is 0 Å². The molecular formula is C10H20O. The molecular weight excluding hydrogens is 136 g/mol. The molecule has 1 saturated carbocycles. The van der Waals surface area contributed by atoms with Crippen molar-refractivity contribution in [3.8, 4) is 0 Å². The molecule has 1 heteroatoms. The molecule has 1 N–H and O–H groups in total. The zero-order chi connectivity index (χ0) is 8.32. The van der Waals surface area contributed by atoms with Gasteiger partial charge in [-0.2, -0.15) is 0 Å². The first-order valence-corrected chi connectivity index (χ1v) is 4.86. The van der Waals surface area contributed by atoms with Crippen LogP contribution in [0.3, 0.4) is 0 Å². The molecule has 0 aromatic rings. The van der Waals surface area contributed by atoms with Crippen molar-refractivity contribution in [1.29, 1.82) is 0 Å².